The van der Waals surface area contributed by atoms with E-state index in [-0.39, 0.29) is 12.4 Å². The molecule has 0 spiro atoms. The summed E-state index contributed by atoms with van der Waals surface area (Å²) in [5, 5.41) is 10.3. The van der Waals surface area contributed by atoms with Gasteiger partial charge in [-0.15, -0.1) is 16.4 Å². The van der Waals surface area contributed by atoms with Crippen LogP contribution in [-0.2, 0) is 6.54 Å². The summed E-state index contributed by atoms with van der Waals surface area (Å²) < 4.78 is 15.4. The van der Waals surface area contributed by atoms with Crippen molar-refractivity contribution in [1.29, 1.82) is 0 Å². The molecule has 4 aromatic rings. The molecule has 0 N–H and O–H groups in total. The Bertz CT molecular complexity index is 932. The number of hydrogen-bond acceptors (Lipinski definition) is 5. The van der Waals surface area contributed by atoms with Gasteiger partial charge in [0, 0.05) is 5.56 Å². The lowest BCUT2D eigenvalue weighted by Gasteiger charge is -2.03. The van der Waals surface area contributed by atoms with Gasteiger partial charge in [-0.1, -0.05) is 29.5 Å². The van der Waals surface area contributed by atoms with E-state index in [4.69, 9.17) is 0 Å². The summed E-state index contributed by atoms with van der Waals surface area (Å²) in [5.41, 5.74) is 2.52. The van der Waals surface area contributed by atoms with Gasteiger partial charge >= 0.3 is 0 Å². The maximum atomic E-state index is 13.8. The number of rotatable bonds is 3. The molecule has 0 amide bonds. The standard InChI is InChI=1S/C15H10FN5S/c16-11-5-2-1-4-10(11)8-21-15-14(19-20-21)13(17-9-18-15)12-6-3-7-22-12/h1-7,9H,8H2. The Balaban J connectivity index is 1.81. The molecule has 0 bridgehead atoms. The van der Waals surface area contributed by atoms with Gasteiger partial charge in [-0.3, -0.25) is 0 Å². The Kier molecular flexibility index (Phi) is 3.12. The summed E-state index contributed by atoms with van der Waals surface area (Å²) >= 11 is 1.58. The highest BCUT2D eigenvalue weighted by Crippen LogP contribution is 2.27. The van der Waals surface area contributed by atoms with Gasteiger partial charge in [0.15, 0.2) is 11.2 Å². The normalized spacial score (nSPS) is 11.1. The van der Waals surface area contributed by atoms with E-state index >= 15 is 0 Å². The van der Waals surface area contributed by atoms with Crippen LogP contribution in [0, 0.1) is 5.82 Å². The summed E-state index contributed by atoms with van der Waals surface area (Å²) in [5.74, 6) is -0.265. The second-order valence-electron chi connectivity index (χ2n) is 4.71. The zero-order chi connectivity index (χ0) is 14.9. The molecule has 3 heterocycles. The Hall–Kier alpha value is -2.67. The van der Waals surface area contributed by atoms with E-state index in [9.17, 15) is 4.39 Å². The van der Waals surface area contributed by atoms with Crippen LogP contribution in [-0.4, -0.2) is 25.0 Å². The number of nitrogens with zero attached hydrogens (tertiary/aromatic N) is 5. The van der Waals surface area contributed by atoms with Crippen molar-refractivity contribution in [3.8, 4) is 10.6 Å². The largest absolute Gasteiger partial charge is 0.233 e. The second-order valence-corrected chi connectivity index (χ2v) is 5.66. The molecule has 7 heteroatoms. The maximum Gasteiger partial charge on any atom is 0.182 e. The van der Waals surface area contributed by atoms with Crippen LogP contribution in [0.2, 0.25) is 0 Å². The molecule has 0 aliphatic carbocycles. The van der Waals surface area contributed by atoms with Crippen LogP contribution < -0.4 is 0 Å². The zero-order valence-corrected chi connectivity index (χ0v) is 12.2. The van der Waals surface area contributed by atoms with Crippen LogP contribution in [0.1, 0.15) is 5.56 Å². The third kappa shape index (κ3) is 2.15. The Morgan fingerprint density at radius 3 is 2.82 bits per heavy atom. The van der Waals surface area contributed by atoms with Crippen molar-refractivity contribution in [2.45, 2.75) is 6.54 Å². The topological polar surface area (TPSA) is 56.5 Å². The summed E-state index contributed by atoms with van der Waals surface area (Å²) in [6.45, 7) is 0.282. The minimum Gasteiger partial charge on any atom is -0.233 e. The molecule has 108 valence electrons. The van der Waals surface area contributed by atoms with Crippen molar-refractivity contribution in [1.82, 2.24) is 25.0 Å². The molecule has 0 radical (unpaired) electrons. The molecule has 0 atom stereocenters. The average molecular weight is 311 g/mol. The van der Waals surface area contributed by atoms with Crippen LogP contribution in [0.3, 0.4) is 0 Å². The van der Waals surface area contributed by atoms with E-state index in [0.717, 1.165) is 10.6 Å². The average Bonchev–Trinajstić information content (AvgIpc) is 3.19. The molecular formula is C15H10FN5S. The first-order valence-electron chi connectivity index (χ1n) is 6.64. The highest BCUT2D eigenvalue weighted by atomic mass is 32.1. The number of thiophene rings is 1. The molecule has 0 unspecified atom stereocenters. The molecule has 0 saturated heterocycles. The number of benzene rings is 1. The minimum atomic E-state index is -0.265. The van der Waals surface area contributed by atoms with Gasteiger partial charge in [0.2, 0.25) is 0 Å². The van der Waals surface area contributed by atoms with Crippen molar-refractivity contribution < 1.29 is 4.39 Å². The molecule has 0 fully saturated rings. The van der Waals surface area contributed by atoms with E-state index in [1.807, 2.05) is 17.5 Å². The SMILES string of the molecule is Fc1ccccc1Cn1nnc2c(-c3cccs3)ncnc21. The van der Waals surface area contributed by atoms with Crippen LogP contribution in [0.5, 0.6) is 0 Å². The highest BCUT2D eigenvalue weighted by Gasteiger charge is 2.14. The highest BCUT2D eigenvalue weighted by molar-refractivity contribution is 7.13. The first kappa shape index (κ1) is 13.0. The van der Waals surface area contributed by atoms with Gasteiger partial charge in [-0.25, -0.2) is 19.0 Å². The molecule has 5 nitrogen and oxygen atoms in total. The van der Waals surface area contributed by atoms with Crippen LogP contribution in [0.15, 0.2) is 48.1 Å². The fraction of sp³-hybridized carbons (Fsp3) is 0.0667. The quantitative estimate of drug-likeness (QED) is 0.583. The molecule has 0 aliphatic heterocycles. The molecular weight excluding hydrogens is 301 g/mol. The van der Waals surface area contributed by atoms with Crippen LogP contribution in [0.4, 0.5) is 4.39 Å². The lowest BCUT2D eigenvalue weighted by atomic mass is 10.2. The summed E-state index contributed by atoms with van der Waals surface area (Å²) in [6.07, 6.45) is 1.48. The number of fused-ring (bicyclic) bond motifs is 1. The van der Waals surface area contributed by atoms with E-state index < -0.39 is 0 Å². The molecule has 4 rings (SSSR count). The molecule has 0 saturated carbocycles. The van der Waals surface area contributed by atoms with Crippen molar-refractivity contribution in [3.05, 3.63) is 59.5 Å². The second kappa shape index (κ2) is 5.27. The van der Waals surface area contributed by atoms with E-state index in [2.05, 4.69) is 20.3 Å². The number of hydrogen-bond donors (Lipinski definition) is 0. The van der Waals surface area contributed by atoms with E-state index in [1.165, 1.54) is 12.4 Å². The van der Waals surface area contributed by atoms with Crippen LogP contribution in [0.25, 0.3) is 21.7 Å². The Morgan fingerprint density at radius 1 is 1.09 bits per heavy atom. The summed E-state index contributed by atoms with van der Waals surface area (Å²) in [7, 11) is 0. The molecule has 0 aliphatic rings. The predicted octanol–water partition coefficient (Wildman–Crippen LogP) is 3.14. The van der Waals surface area contributed by atoms with Crippen molar-refractivity contribution in [2.75, 3.05) is 0 Å². The summed E-state index contributed by atoms with van der Waals surface area (Å²) in [6, 6.07) is 10.5. The van der Waals surface area contributed by atoms with Gasteiger partial charge in [0.05, 0.1) is 11.4 Å². The zero-order valence-electron chi connectivity index (χ0n) is 11.3. The van der Waals surface area contributed by atoms with Gasteiger partial charge in [-0.05, 0) is 17.5 Å². The van der Waals surface area contributed by atoms with Gasteiger partial charge < -0.3 is 0 Å². The van der Waals surface area contributed by atoms with Crippen LogP contribution >= 0.6 is 11.3 Å². The lowest BCUT2D eigenvalue weighted by Crippen LogP contribution is -2.04. The fourth-order valence-corrected chi connectivity index (χ4v) is 3.00. The van der Waals surface area contributed by atoms with E-state index in [1.54, 1.807) is 34.2 Å². The monoisotopic (exact) mass is 311 g/mol. The van der Waals surface area contributed by atoms with Crippen molar-refractivity contribution >= 4 is 22.5 Å². The molecule has 1 aromatic carbocycles. The van der Waals surface area contributed by atoms with Crippen molar-refractivity contribution in [3.63, 3.8) is 0 Å². The third-order valence-corrected chi connectivity index (χ3v) is 4.21. The lowest BCUT2D eigenvalue weighted by molar-refractivity contribution is 0.582. The summed E-state index contributed by atoms with van der Waals surface area (Å²) in [4.78, 5) is 9.55. The Morgan fingerprint density at radius 2 is 2.00 bits per heavy atom. The minimum absolute atomic E-state index is 0.265. The maximum absolute atomic E-state index is 13.8. The number of aromatic nitrogens is 5. The van der Waals surface area contributed by atoms with Gasteiger partial charge in [0.25, 0.3) is 0 Å². The van der Waals surface area contributed by atoms with E-state index in [0.29, 0.717) is 16.7 Å². The first-order valence-corrected chi connectivity index (χ1v) is 7.52. The first-order chi connectivity index (χ1) is 10.8. The van der Waals surface area contributed by atoms with Crippen molar-refractivity contribution in [2.24, 2.45) is 0 Å². The number of halogens is 1. The van der Waals surface area contributed by atoms with Gasteiger partial charge in [-0.2, -0.15) is 0 Å². The fourth-order valence-electron chi connectivity index (χ4n) is 2.28. The molecule has 3 aromatic heterocycles. The smallest absolute Gasteiger partial charge is 0.182 e. The van der Waals surface area contributed by atoms with Gasteiger partial charge in [0.1, 0.15) is 17.8 Å². The predicted molar refractivity (Wildman–Crippen MR) is 81.9 cm³/mol. The Labute approximate surface area is 129 Å². The molecule has 22 heavy (non-hydrogen) atoms. The third-order valence-electron chi connectivity index (χ3n) is 3.33.